The van der Waals surface area contributed by atoms with E-state index in [4.69, 9.17) is 9.47 Å². The van der Waals surface area contributed by atoms with E-state index in [9.17, 15) is 0 Å². The Bertz CT molecular complexity index is 413. The zero-order chi connectivity index (χ0) is 14.4. The number of rotatable bonds is 6. The van der Waals surface area contributed by atoms with E-state index in [1.807, 2.05) is 27.1 Å². The third-order valence-electron chi connectivity index (χ3n) is 4.45. The fraction of sp³-hybridized carbons (Fsp3) is 0.647. The molecule has 0 saturated heterocycles. The molecule has 0 amide bonds. The first-order valence-corrected chi connectivity index (χ1v) is 7.71. The first-order chi connectivity index (χ1) is 9.77. The quantitative estimate of drug-likeness (QED) is 0.860. The molecule has 1 unspecified atom stereocenters. The molecule has 0 heterocycles. The molecular formula is C17H27NO2. The molecule has 0 spiro atoms. The summed E-state index contributed by atoms with van der Waals surface area (Å²) < 4.78 is 11.8. The number of hydrogen-bond donors (Lipinski definition) is 1. The van der Waals surface area contributed by atoms with Crippen molar-refractivity contribution in [2.75, 3.05) is 20.8 Å². The minimum atomic E-state index is -0.111. The second-order valence-corrected chi connectivity index (χ2v) is 5.52. The molecule has 1 aliphatic carbocycles. The van der Waals surface area contributed by atoms with E-state index in [0.717, 1.165) is 18.6 Å². The van der Waals surface area contributed by atoms with Crippen LogP contribution in [0.3, 0.4) is 0 Å². The largest absolute Gasteiger partial charge is 0.494 e. The van der Waals surface area contributed by atoms with Crippen LogP contribution < -0.4 is 10.1 Å². The third kappa shape index (κ3) is 2.99. The van der Waals surface area contributed by atoms with E-state index < -0.39 is 0 Å². The summed E-state index contributed by atoms with van der Waals surface area (Å²) in [4.78, 5) is 0. The van der Waals surface area contributed by atoms with Crippen LogP contribution in [0.1, 0.15) is 50.6 Å². The Morgan fingerprint density at radius 3 is 2.50 bits per heavy atom. The topological polar surface area (TPSA) is 30.5 Å². The smallest absolute Gasteiger partial charge is 0.124 e. The lowest BCUT2D eigenvalue weighted by Gasteiger charge is -2.43. The maximum absolute atomic E-state index is 6.00. The Hall–Kier alpha value is -1.06. The highest BCUT2D eigenvalue weighted by molar-refractivity contribution is 5.37. The van der Waals surface area contributed by atoms with Crippen molar-refractivity contribution in [2.24, 2.45) is 0 Å². The highest BCUT2D eigenvalue weighted by Crippen LogP contribution is 2.43. The molecule has 1 N–H and O–H groups in total. The van der Waals surface area contributed by atoms with Crippen LogP contribution in [-0.4, -0.2) is 26.4 Å². The van der Waals surface area contributed by atoms with Gasteiger partial charge in [0, 0.05) is 12.7 Å². The molecule has 2 rings (SSSR count). The average Bonchev–Trinajstić information content (AvgIpc) is 2.51. The zero-order valence-electron chi connectivity index (χ0n) is 12.9. The van der Waals surface area contributed by atoms with Gasteiger partial charge in [0.25, 0.3) is 0 Å². The summed E-state index contributed by atoms with van der Waals surface area (Å²) in [5, 5.41) is 3.47. The van der Waals surface area contributed by atoms with E-state index in [2.05, 4.69) is 23.5 Å². The predicted molar refractivity (Wildman–Crippen MR) is 82.2 cm³/mol. The van der Waals surface area contributed by atoms with E-state index >= 15 is 0 Å². The van der Waals surface area contributed by atoms with Crippen LogP contribution in [0.15, 0.2) is 24.3 Å². The summed E-state index contributed by atoms with van der Waals surface area (Å²) >= 11 is 0. The van der Waals surface area contributed by atoms with Gasteiger partial charge in [0.1, 0.15) is 5.75 Å². The molecule has 0 bridgehead atoms. The van der Waals surface area contributed by atoms with Gasteiger partial charge in [0.2, 0.25) is 0 Å². The molecular weight excluding hydrogens is 250 g/mol. The van der Waals surface area contributed by atoms with Gasteiger partial charge < -0.3 is 14.8 Å². The van der Waals surface area contributed by atoms with Crippen LogP contribution in [0, 0.1) is 0 Å². The minimum Gasteiger partial charge on any atom is -0.494 e. The van der Waals surface area contributed by atoms with Crippen molar-refractivity contribution in [3.63, 3.8) is 0 Å². The van der Waals surface area contributed by atoms with Crippen LogP contribution in [0.4, 0.5) is 0 Å². The number of nitrogens with one attached hydrogen (secondary N) is 1. The van der Waals surface area contributed by atoms with Crippen LogP contribution in [0.25, 0.3) is 0 Å². The van der Waals surface area contributed by atoms with Crippen LogP contribution in [0.5, 0.6) is 5.75 Å². The van der Waals surface area contributed by atoms with Gasteiger partial charge in [0.05, 0.1) is 18.2 Å². The van der Waals surface area contributed by atoms with Gasteiger partial charge in [-0.25, -0.2) is 0 Å². The molecule has 1 saturated carbocycles. The lowest BCUT2D eigenvalue weighted by molar-refractivity contribution is -0.0676. The summed E-state index contributed by atoms with van der Waals surface area (Å²) in [6.45, 7) is 2.71. The lowest BCUT2D eigenvalue weighted by Crippen LogP contribution is -2.46. The maximum atomic E-state index is 6.00. The highest BCUT2D eigenvalue weighted by atomic mass is 16.5. The Labute approximate surface area is 122 Å². The van der Waals surface area contributed by atoms with Crippen LogP contribution >= 0.6 is 0 Å². The van der Waals surface area contributed by atoms with Crippen LogP contribution in [0.2, 0.25) is 0 Å². The number of likely N-dealkylation sites (N-methyl/N-ethyl adjacent to an activating group) is 1. The standard InChI is InChI=1S/C17H27NO2/c1-4-20-15-11-7-6-10-14(15)16(18-2)17(19-3)12-8-5-9-13-17/h6-7,10-11,16,18H,4-5,8-9,12-13H2,1-3H3. The van der Waals surface area contributed by atoms with Gasteiger partial charge in [-0.15, -0.1) is 0 Å². The first kappa shape index (κ1) is 15.3. The molecule has 0 aromatic heterocycles. The van der Waals surface area contributed by atoms with Crippen molar-refractivity contribution in [2.45, 2.75) is 50.7 Å². The monoisotopic (exact) mass is 277 g/mol. The summed E-state index contributed by atoms with van der Waals surface area (Å²) in [5.74, 6) is 0.969. The Morgan fingerprint density at radius 1 is 1.20 bits per heavy atom. The molecule has 112 valence electrons. The molecule has 1 aromatic rings. The fourth-order valence-electron chi connectivity index (χ4n) is 3.47. The SMILES string of the molecule is CCOc1ccccc1C(NC)C1(OC)CCCCC1. The highest BCUT2D eigenvalue weighted by Gasteiger charge is 2.41. The maximum Gasteiger partial charge on any atom is 0.124 e. The second-order valence-electron chi connectivity index (χ2n) is 5.52. The zero-order valence-corrected chi connectivity index (χ0v) is 12.9. The van der Waals surface area contributed by atoms with Crippen molar-refractivity contribution in [3.8, 4) is 5.75 Å². The number of methoxy groups -OCH3 is 1. The lowest BCUT2D eigenvalue weighted by atomic mass is 9.76. The third-order valence-corrected chi connectivity index (χ3v) is 4.45. The van der Waals surface area contributed by atoms with Gasteiger partial charge in [-0.2, -0.15) is 0 Å². The van der Waals surface area contributed by atoms with Gasteiger partial charge in [0.15, 0.2) is 0 Å². The first-order valence-electron chi connectivity index (χ1n) is 7.71. The number of para-hydroxylation sites is 1. The van der Waals surface area contributed by atoms with Crippen LogP contribution in [-0.2, 0) is 4.74 Å². The Balaban J connectivity index is 2.35. The molecule has 1 aliphatic rings. The van der Waals surface area contributed by atoms with Gasteiger partial charge in [-0.3, -0.25) is 0 Å². The number of hydrogen-bond acceptors (Lipinski definition) is 3. The summed E-state index contributed by atoms with van der Waals surface area (Å²) in [7, 11) is 3.86. The predicted octanol–water partition coefficient (Wildman–Crippen LogP) is 3.70. The molecule has 20 heavy (non-hydrogen) atoms. The van der Waals surface area contributed by atoms with Crippen molar-refractivity contribution >= 4 is 0 Å². The Morgan fingerprint density at radius 2 is 1.90 bits per heavy atom. The fourth-order valence-corrected chi connectivity index (χ4v) is 3.47. The molecule has 1 fully saturated rings. The Kier molecular flexibility index (Phi) is 5.44. The molecule has 1 atom stereocenters. The second kappa shape index (κ2) is 7.09. The summed E-state index contributed by atoms with van der Waals surface area (Å²) in [6.07, 6.45) is 6.01. The van der Waals surface area contributed by atoms with Crippen molar-refractivity contribution < 1.29 is 9.47 Å². The van der Waals surface area contributed by atoms with Gasteiger partial charge in [-0.05, 0) is 32.9 Å². The molecule has 0 radical (unpaired) electrons. The van der Waals surface area contributed by atoms with Gasteiger partial charge in [-0.1, -0.05) is 37.5 Å². The molecule has 3 heteroatoms. The normalized spacial score (nSPS) is 19.6. The summed E-state index contributed by atoms with van der Waals surface area (Å²) in [6, 6.07) is 8.49. The minimum absolute atomic E-state index is 0.111. The van der Waals surface area contributed by atoms with Crippen molar-refractivity contribution in [1.29, 1.82) is 0 Å². The molecule has 3 nitrogen and oxygen atoms in total. The van der Waals surface area contributed by atoms with Crippen molar-refractivity contribution in [1.82, 2.24) is 5.32 Å². The summed E-state index contributed by atoms with van der Waals surface area (Å²) in [5.41, 5.74) is 1.10. The number of ether oxygens (including phenoxy) is 2. The average molecular weight is 277 g/mol. The van der Waals surface area contributed by atoms with E-state index in [-0.39, 0.29) is 11.6 Å². The number of benzene rings is 1. The van der Waals surface area contributed by atoms with Crippen molar-refractivity contribution in [3.05, 3.63) is 29.8 Å². The molecule has 0 aliphatic heterocycles. The van der Waals surface area contributed by atoms with E-state index in [0.29, 0.717) is 6.61 Å². The van der Waals surface area contributed by atoms with E-state index in [1.54, 1.807) is 0 Å². The van der Waals surface area contributed by atoms with Gasteiger partial charge >= 0.3 is 0 Å². The van der Waals surface area contributed by atoms with E-state index in [1.165, 1.54) is 24.8 Å². The molecule has 1 aromatic carbocycles.